The summed E-state index contributed by atoms with van der Waals surface area (Å²) in [5, 5.41) is 3.26. The largest absolute Gasteiger partial charge is 0.342 e. The van der Waals surface area contributed by atoms with E-state index in [1.54, 1.807) is 0 Å². The summed E-state index contributed by atoms with van der Waals surface area (Å²) in [5.41, 5.74) is 2.80. The summed E-state index contributed by atoms with van der Waals surface area (Å²) in [4.78, 5) is 1.51. The Bertz CT molecular complexity index is 552. The lowest BCUT2D eigenvalue weighted by Gasteiger charge is -2.17. The molecule has 1 atom stereocenters. The van der Waals surface area contributed by atoms with Crippen LogP contribution >= 0.6 is 11.6 Å². The van der Waals surface area contributed by atoms with Gasteiger partial charge in [0, 0.05) is 11.4 Å². The van der Waals surface area contributed by atoms with Gasteiger partial charge >= 0.3 is 0 Å². The molecule has 0 amide bonds. The smallest absolute Gasteiger partial charge is 0.126 e. The lowest BCUT2D eigenvalue weighted by atomic mass is 9.89. The molecule has 124 valence electrons. The van der Waals surface area contributed by atoms with Gasteiger partial charge in [0.2, 0.25) is 0 Å². The van der Waals surface area contributed by atoms with Crippen LogP contribution in [-0.4, -0.2) is 33.7 Å². The van der Waals surface area contributed by atoms with Crippen LogP contribution in [0.2, 0.25) is 5.02 Å². The van der Waals surface area contributed by atoms with Crippen molar-refractivity contribution in [1.29, 1.82) is 0 Å². The molecule has 0 aliphatic carbocycles. The van der Waals surface area contributed by atoms with Gasteiger partial charge in [-0.05, 0) is 35.6 Å². The second-order valence-corrected chi connectivity index (χ2v) is 6.99. The molecule has 2 rings (SSSR count). The van der Waals surface area contributed by atoms with Crippen molar-refractivity contribution < 1.29 is 10.2 Å². The van der Waals surface area contributed by atoms with Gasteiger partial charge in [0.15, 0.2) is 0 Å². The normalized spacial score (nSPS) is 12.5. The molecule has 23 heavy (non-hydrogen) atoms. The topological polar surface area (TPSA) is 21.1 Å². The maximum absolute atomic E-state index is 6.04. The fourth-order valence-corrected chi connectivity index (χ4v) is 3.00. The zero-order chi connectivity index (χ0) is 16.5. The Kier molecular flexibility index (Phi) is 7.60. The van der Waals surface area contributed by atoms with Gasteiger partial charge in [-0.1, -0.05) is 54.1 Å². The zero-order valence-corrected chi connectivity index (χ0v) is 15.0. The van der Waals surface area contributed by atoms with E-state index in [0.717, 1.165) is 11.4 Å². The van der Waals surface area contributed by atoms with Crippen LogP contribution in [-0.2, 0) is 6.42 Å². The fourth-order valence-electron chi connectivity index (χ4n) is 2.87. The van der Waals surface area contributed by atoms with E-state index in [0.29, 0.717) is 5.92 Å². The first-order valence-electron chi connectivity index (χ1n) is 8.55. The minimum Gasteiger partial charge on any atom is -0.342 e. The number of nitrogens with two attached hydrogens (primary N) is 1. The van der Waals surface area contributed by atoms with Crippen molar-refractivity contribution in [3.05, 3.63) is 70.7 Å². The Hall–Kier alpha value is -1.35. The summed E-state index contributed by atoms with van der Waals surface area (Å²) in [6.07, 6.45) is 2.29. The SMILES string of the molecule is C[NH+](C)CC[NH2+]CC[C@@H](Cc1ccccc1)c1ccc(Cl)cc1. The molecule has 2 nitrogen and oxygen atoms in total. The van der Waals surface area contributed by atoms with Crippen LogP contribution in [0.5, 0.6) is 0 Å². The average molecular weight is 333 g/mol. The summed E-state index contributed by atoms with van der Waals surface area (Å²) in [6, 6.07) is 19.2. The molecule has 3 N–H and O–H groups in total. The fraction of sp³-hybridized carbons (Fsp3) is 0.400. The van der Waals surface area contributed by atoms with Crippen LogP contribution in [0.3, 0.4) is 0 Å². The molecule has 0 unspecified atom stereocenters. The number of likely N-dealkylation sites (N-methyl/N-ethyl adjacent to an activating group) is 1. The minimum absolute atomic E-state index is 0.553. The third kappa shape index (κ3) is 6.74. The van der Waals surface area contributed by atoms with E-state index in [-0.39, 0.29) is 0 Å². The van der Waals surface area contributed by atoms with Crippen LogP contribution in [0.4, 0.5) is 0 Å². The van der Waals surface area contributed by atoms with Gasteiger partial charge in [0.25, 0.3) is 0 Å². The number of hydrogen-bond donors (Lipinski definition) is 2. The van der Waals surface area contributed by atoms with Crippen molar-refractivity contribution in [1.82, 2.24) is 0 Å². The molecule has 0 spiro atoms. The monoisotopic (exact) mass is 332 g/mol. The molecule has 0 saturated heterocycles. The Morgan fingerprint density at radius 1 is 0.957 bits per heavy atom. The van der Waals surface area contributed by atoms with E-state index in [9.17, 15) is 0 Å². The first-order valence-corrected chi connectivity index (χ1v) is 8.93. The van der Waals surface area contributed by atoms with E-state index < -0.39 is 0 Å². The Balaban J connectivity index is 1.95. The second kappa shape index (κ2) is 9.71. The van der Waals surface area contributed by atoms with E-state index in [2.05, 4.69) is 61.9 Å². The van der Waals surface area contributed by atoms with Crippen LogP contribution < -0.4 is 10.2 Å². The minimum atomic E-state index is 0.553. The number of rotatable bonds is 9. The molecule has 3 heteroatoms. The summed E-state index contributed by atoms with van der Waals surface area (Å²) in [5.74, 6) is 0.553. The second-order valence-electron chi connectivity index (χ2n) is 6.55. The predicted octanol–water partition coefficient (Wildman–Crippen LogP) is 1.76. The van der Waals surface area contributed by atoms with Crippen molar-refractivity contribution in [2.24, 2.45) is 0 Å². The maximum atomic E-state index is 6.04. The molecule has 0 heterocycles. The number of hydrogen-bond acceptors (Lipinski definition) is 0. The quantitative estimate of drug-likeness (QED) is 0.653. The van der Waals surface area contributed by atoms with Gasteiger partial charge < -0.3 is 10.2 Å². The summed E-state index contributed by atoms with van der Waals surface area (Å²) < 4.78 is 0. The molecule has 2 aromatic carbocycles. The Morgan fingerprint density at radius 2 is 1.65 bits per heavy atom. The van der Waals surface area contributed by atoms with E-state index in [1.807, 2.05) is 12.1 Å². The third-order valence-electron chi connectivity index (χ3n) is 4.23. The number of quaternary nitrogens is 2. The van der Waals surface area contributed by atoms with Gasteiger partial charge in [0.1, 0.15) is 13.1 Å². The lowest BCUT2D eigenvalue weighted by Crippen LogP contribution is -3.09. The number of benzene rings is 2. The molecule has 0 aliphatic rings. The van der Waals surface area contributed by atoms with Crippen LogP contribution in [0.25, 0.3) is 0 Å². The van der Waals surface area contributed by atoms with Crippen molar-refractivity contribution in [3.63, 3.8) is 0 Å². The first kappa shape index (κ1) is 18.0. The molecule has 0 aromatic heterocycles. The summed E-state index contributed by atoms with van der Waals surface area (Å²) in [6.45, 7) is 3.58. The summed E-state index contributed by atoms with van der Waals surface area (Å²) >= 11 is 6.04. The lowest BCUT2D eigenvalue weighted by molar-refractivity contribution is -0.874. The zero-order valence-electron chi connectivity index (χ0n) is 14.3. The van der Waals surface area contributed by atoms with Crippen molar-refractivity contribution in [2.75, 3.05) is 33.7 Å². The van der Waals surface area contributed by atoms with E-state index >= 15 is 0 Å². The highest BCUT2D eigenvalue weighted by Gasteiger charge is 2.13. The first-order chi connectivity index (χ1) is 11.1. The van der Waals surface area contributed by atoms with Gasteiger partial charge in [-0.15, -0.1) is 0 Å². The highest BCUT2D eigenvalue weighted by molar-refractivity contribution is 6.30. The molecule has 0 bridgehead atoms. The number of halogens is 1. The predicted molar refractivity (Wildman–Crippen MR) is 98.3 cm³/mol. The van der Waals surface area contributed by atoms with Crippen LogP contribution in [0, 0.1) is 0 Å². The van der Waals surface area contributed by atoms with Gasteiger partial charge in [-0.3, -0.25) is 0 Å². The van der Waals surface area contributed by atoms with Crippen molar-refractivity contribution in [3.8, 4) is 0 Å². The molecule has 0 aliphatic heterocycles. The molecule has 0 fully saturated rings. The molecular weight excluding hydrogens is 304 g/mol. The van der Waals surface area contributed by atoms with Crippen LogP contribution in [0.15, 0.2) is 54.6 Å². The highest BCUT2D eigenvalue weighted by atomic mass is 35.5. The standard InChI is InChI=1S/C20H27ClN2/c1-23(2)15-14-22-13-12-19(16-17-6-4-3-5-7-17)18-8-10-20(21)11-9-18/h3-11,19,22H,12-16H2,1-2H3/p+2/t19-/m0/s1. The van der Waals surface area contributed by atoms with Crippen molar-refractivity contribution in [2.45, 2.75) is 18.8 Å². The van der Waals surface area contributed by atoms with Gasteiger partial charge in [-0.2, -0.15) is 0 Å². The third-order valence-corrected chi connectivity index (χ3v) is 4.49. The molecule has 0 radical (unpaired) electrons. The molecular formula is C20H29ClN2+2. The van der Waals surface area contributed by atoms with Crippen molar-refractivity contribution >= 4 is 11.6 Å². The molecule has 0 saturated carbocycles. The Morgan fingerprint density at radius 3 is 2.30 bits per heavy atom. The van der Waals surface area contributed by atoms with E-state index in [1.165, 1.54) is 42.1 Å². The average Bonchev–Trinajstić information content (AvgIpc) is 2.55. The van der Waals surface area contributed by atoms with Gasteiger partial charge in [-0.25, -0.2) is 0 Å². The highest BCUT2D eigenvalue weighted by Crippen LogP contribution is 2.25. The summed E-state index contributed by atoms with van der Waals surface area (Å²) in [7, 11) is 4.42. The Labute approximate surface area is 145 Å². The van der Waals surface area contributed by atoms with Crippen LogP contribution in [0.1, 0.15) is 23.5 Å². The van der Waals surface area contributed by atoms with E-state index in [4.69, 9.17) is 11.6 Å². The maximum Gasteiger partial charge on any atom is 0.126 e. The van der Waals surface area contributed by atoms with Gasteiger partial charge in [0.05, 0.1) is 20.6 Å². The molecule has 2 aromatic rings. The number of nitrogens with one attached hydrogen (secondary N) is 1.